The number of hydrogen-bond acceptors (Lipinski definition) is 2. The first-order valence-corrected chi connectivity index (χ1v) is 8.71. The zero-order chi connectivity index (χ0) is 20.5. The van der Waals surface area contributed by atoms with E-state index in [1.54, 1.807) is 28.9 Å². The van der Waals surface area contributed by atoms with Gasteiger partial charge in [0.2, 0.25) is 0 Å². The smallest absolute Gasteiger partial charge is 0.337 e. The van der Waals surface area contributed by atoms with Crippen LogP contribution in [0.1, 0.15) is 32.9 Å². The molecule has 0 aliphatic heterocycles. The van der Waals surface area contributed by atoms with Crippen molar-refractivity contribution in [3.05, 3.63) is 82.7 Å². The number of carbonyl (C=O) groups is 1. The minimum Gasteiger partial charge on any atom is -0.337 e. The molecular weight excluding hydrogens is 367 g/mol. The molecule has 0 unspecified atom stereocenters. The largest absolute Gasteiger partial charge is 0.416 e. The Labute approximate surface area is 161 Å². The SMILES string of the molecule is Cc1cc(C)n(-c2ccc(C(=O)N(C)Cc3ccccc3C(F)(F)F)cc2)n1. The van der Waals surface area contributed by atoms with Crippen molar-refractivity contribution < 1.29 is 18.0 Å². The molecule has 0 fully saturated rings. The Morgan fingerprint density at radius 2 is 1.71 bits per heavy atom. The third kappa shape index (κ3) is 4.08. The lowest BCUT2D eigenvalue weighted by Crippen LogP contribution is -2.27. The first kappa shape index (κ1) is 19.7. The average Bonchev–Trinajstić information content (AvgIpc) is 2.99. The molecule has 7 heteroatoms. The van der Waals surface area contributed by atoms with Crippen molar-refractivity contribution >= 4 is 5.91 Å². The Kier molecular flexibility index (Phi) is 5.27. The molecule has 0 saturated heterocycles. The number of amides is 1. The monoisotopic (exact) mass is 387 g/mol. The standard InChI is InChI=1S/C21H20F3N3O/c1-14-12-15(2)27(25-14)18-10-8-16(9-11-18)20(28)26(3)13-17-6-4-5-7-19(17)21(22,23)24/h4-12H,13H2,1-3H3. The maximum Gasteiger partial charge on any atom is 0.416 e. The molecule has 0 N–H and O–H groups in total. The molecule has 3 aromatic rings. The summed E-state index contributed by atoms with van der Waals surface area (Å²) in [5.74, 6) is -0.350. The molecule has 1 amide bonds. The van der Waals surface area contributed by atoms with E-state index in [0.29, 0.717) is 5.56 Å². The van der Waals surface area contributed by atoms with Gasteiger partial charge in [-0.25, -0.2) is 4.68 Å². The number of alkyl halides is 3. The van der Waals surface area contributed by atoms with Crippen LogP contribution < -0.4 is 0 Å². The van der Waals surface area contributed by atoms with Gasteiger partial charge in [0.05, 0.1) is 16.9 Å². The van der Waals surface area contributed by atoms with Gasteiger partial charge in [0.1, 0.15) is 0 Å². The molecule has 28 heavy (non-hydrogen) atoms. The van der Waals surface area contributed by atoms with Gasteiger partial charge in [-0.2, -0.15) is 18.3 Å². The third-order valence-corrected chi connectivity index (χ3v) is 4.45. The van der Waals surface area contributed by atoms with Crippen LogP contribution in [0.2, 0.25) is 0 Å². The molecule has 146 valence electrons. The van der Waals surface area contributed by atoms with E-state index in [1.165, 1.54) is 30.1 Å². The Bertz CT molecular complexity index is 991. The van der Waals surface area contributed by atoms with Crippen LogP contribution in [0.3, 0.4) is 0 Å². The van der Waals surface area contributed by atoms with Crippen molar-refractivity contribution in [1.29, 1.82) is 0 Å². The molecule has 3 rings (SSSR count). The van der Waals surface area contributed by atoms with E-state index in [-0.39, 0.29) is 18.0 Å². The van der Waals surface area contributed by atoms with Crippen molar-refractivity contribution in [2.75, 3.05) is 7.05 Å². The summed E-state index contributed by atoms with van der Waals surface area (Å²) in [5.41, 5.74) is 2.40. The molecule has 1 aromatic heterocycles. The van der Waals surface area contributed by atoms with E-state index in [4.69, 9.17) is 0 Å². The highest BCUT2D eigenvalue weighted by atomic mass is 19.4. The fraction of sp³-hybridized carbons (Fsp3) is 0.238. The second-order valence-corrected chi connectivity index (χ2v) is 6.70. The molecule has 4 nitrogen and oxygen atoms in total. The van der Waals surface area contributed by atoms with Gasteiger partial charge in [0.25, 0.3) is 5.91 Å². The Morgan fingerprint density at radius 1 is 1.07 bits per heavy atom. The van der Waals surface area contributed by atoms with Crippen LogP contribution in [0, 0.1) is 13.8 Å². The normalized spacial score (nSPS) is 11.5. The molecule has 0 spiro atoms. The minimum atomic E-state index is -4.46. The maximum atomic E-state index is 13.2. The summed E-state index contributed by atoms with van der Waals surface area (Å²) in [5, 5.41) is 4.39. The summed E-state index contributed by atoms with van der Waals surface area (Å²) in [6, 6.07) is 14.1. The predicted molar refractivity (Wildman–Crippen MR) is 100 cm³/mol. The second-order valence-electron chi connectivity index (χ2n) is 6.70. The van der Waals surface area contributed by atoms with Crippen molar-refractivity contribution in [2.45, 2.75) is 26.6 Å². The maximum absolute atomic E-state index is 13.2. The number of carbonyl (C=O) groups excluding carboxylic acids is 1. The van der Waals surface area contributed by atoms with Crippen LogP contribution in [-0.2, 0) is 12.7 Å². The van der Waals surface area contributed by atoms with Crippen molar-refractivity contribution in [3.8, 4) is 5.69 Å². The van der Waals surface area contributed by atoms with Gasteiger partial charge in [-0.3, -0.25) is 4.79 Å². The molecule has 0 radical (unpaired) electrons. The quantitative estimate of drug-likeness (QED) is 0.646. The Balaban J connectivity index is 1.78. The highest BCUT2D eigenvalue weighted by molar-refractivity contribution is 5.94. The summed E-state index contributed by atoms with van der Waals surface area (Å²) < 4.78 is 41.2. The first-order valence-electron chi connectivity index (χ1n) is 8.71. The van der Waals surface area contributed by atoms with Gasteiger partial charge in [-0.15, -0.1) is 0 Å². The van der Waals surface area contributed by atoms with E-state index in [0.717, 1.165) is 23.1 Å². The fourth-order valence-electron chi connectivity index (χ4n) is 3.12. The van der Waals surface area contributed by atoms with Gasteiger partial charge >= 0.3 is 6.18 Å². The fourth-order valence-corrected chi connectivity index (χ4v) is 3.12. The topological polar surface area (TPSA) is 38.1 Å². The van der Waals surface area contributed by atoms with Crippen molar-refractivity contribution in [3.63, 3.8) is 0 Å². The summed E-state index contributed by atoms with van der Waals surface area (Å²) in [4.78, 5) is 13.9. The summed E-state index contributed by atoms with van der Waals surface area (Å²) in [6.07, 6.45) is -4.46. The Morgan fingerprint density at radius 3 is 2.29 bits per heavy atom. The zero-order valence-electron chi connectivity index (χ0n) is 15.8. The van der Waals surface area contributed by atoms with Crippen molar-refractivity contribution in [1.82, 2.24) is 14.7 Å². The van der Waals surface area contributed by atoms with Crippen LogP contribution in [0.5, 0.6) is 0 Å². The van der Waals surface area contributed by atoms with Gasteiger partial charge in [-0.05, 0) is 55.8 Å². The van der Waals surface area contributed by atoms with E-state index in [9.17, 15) is 18.0 Å². The highest BCUT2D eigenvalue weighted by Gasteiger charge is 2.33. The molecule has 0 aliphatic rings. The molecule has 0 bridgehead atoms. The number of aryl methyl sites for hydroxylation is 2. The number of benzene rings is 2. The molecule has 0 atom stereocenters. The minimum absolute atomic E-state index is 0.0603. The van der Waals surface area contributed by atoms with Gasteiger partial charge in [0, 0.05) is 24.8 Å². The lowest BCUT2D eigenvalue weighted by molar-refractivity contribution is -0.138. The zero-order valence-corrected chi connectivity index (χ0v) is 15.8. The number of nitrogens with zero attached hydrogens (tertiary/aromatic N) is 3. The van der Waals surface area contributed by atoms with Crippen LogP contribution in [-0.4, -0.2) is 27.6 Å². The third-order valence-electron chi connectivity index (χ3n) is 4.45. The Hall–Kier alpha value is -3.09. The molecule has 2 aromatic carbocycles. The van der Waals surface area contributed by atoms with Gasteiger partial charge in [0.15, 0.2) is 0 Å². The van der Waals surface area contributed by atoms with Crippen LogP contribution in [0.15, 0.2) is 54.6 Å². The average molecular weight is 387 g/mol. The lowest BCUT2D eigenvalue weighted by Gasteiger charge is -2.20. The number of rotatable bonds is 4. The van der Waals surface area contributed by atoms with Gasteiger partial charge < -0.3 is 4.90 Å². The number of hydrogen-bond donors (Lipinski definition) is 0. The summed E-state index contributed by atoms with van der Waals surface area (Å²) >= 11 is 0. The molecular formula is C21H20F3N3O. The molecule has 1 heterocycles. The number of aromatic nitrogens is 2. The highest BCUT2D eigenvalue weighted by Crippen LogP contribution is 2.32. The molecule has 0 aliphatic carbocycles. The lowest BCUT2D eigenvalue weighted by atomic mass is 10.1. The van der Waals surface area contributed by atoms with Crippen LogP contribution >= 0.6 is 0 Å². The summed E-state index contributed by atoms with van der Waals surface area (Å²) in [6.45, 7) is 3.70. The first-order chi connectivity index (χ1) is 13.2. The van der Waals surface area contributed by atoms with Gasteiger partial charge in [-0.1, -0.05) is 18.2 Å². The van der Waals surface area contributed by atoms with Crippen LogP contribution in [0.25, 0.3) is 5.69 Å². The van der Waals surface area contributed by atoms with Crippen molar-refractivity contribution in [2.24, 2.45) is 0 Å². The van der Waals surface area contributed by atoms with E-state index < -0.39 is 11.7 Å². The van der Waals surface area contributed by atoms with E-state index >= 15 is 0 Å². The second kappa shape index (κ2) is 7.50. The van der Waals surface area contributed by atoms with E-state index in [2.05, 4.69) is 5.10 Å². The van der Waals surface area contributed by atoms with Crippen LogP contribution in [0.4, 0.5) is 13.2 Å². The van der Waals surface area contributed by atoms with E-state index in [1.807, 2.05) is 19.9 Å². The molecule has 0 saturated carbocycles. The number of halogens is 3. The predicted octanol–water partition coefficient (Wildman–Crippen LogP) is 4.78. The summed E-state index contributed by atoms with van der Waals surface area (Å²) in [7, 11) is 1.49.